The van der Waals surface area contributed by atoms with Crippen LogP contribution in [0, 0.1) is 0 Å². The number of hydrogen-bond acceptors (Lipinski definition) is 7. The third-order valence-electron chi connectivity index (χ3n) is 6.61. The van der Waals surface area contributed by atoms with Crippen LogP contribution in [-0.4, -0.2) is 64.1 Å². The Labute approximate surface area is 218 Å². The Morgan fingerprint density at radius 1 is 1.03 bits per heavy atom. The first kappa shape index (κ1) is 23.6. The highest BCUT2D eigenvalue weighted by atomic mass is 16.5. The molecule has 0 spiro atoms. The Bertz CT molecular complexity index is 1690. The van der Waals surface area contributed by atoms with Crippen molar-refractivity contribution in [1.29, 1.82) is 0 Å². The summed E-state index contributed by atoms with van der Waals surface area (Å²) in [6, 6.07) is 18.7. The molecule has 1 fully saturated rings. The highest BCUT2D eigenvalue weighted by molar-refractivity contribution is 5.91. The Morgan fingerprint density at radius 3 is 2.68 bits per heavy atom. The zero-order valence-electron chi connectivity index (χ0n) is 20.7. The number of hydrogen-bond donors (Lipinski definition) is 1. The van der Waals surface area contributed by atoms with E-state index in [9.17, 15) is 9.90 Å². The molecule has 4 heterocycles. The van der Waals surface area contributed by atoms with E-state index in [1.165, 1.54) is 13.2 Å². The molecule has 0 radical (unpaired) electrons. The van der Waals surface area contributed by atoms with Gasteiger partial charge in [0.15, 0.2) is 5.65 Å². The molecule has 0 unspecified atom stereocenters. The number of ether oxygens (including phenoxy) is 2. The number of benzene rings is 2. The molecule has 9 nitrogen and oxygen atoms in total. The molecule has 0 saturated carbocycles. The molecule has 2 aromatic carbocycles. The molecule has 1 aliphatic rings. The molecule has 0 atom stereocenters. The van der Waals surface area contributed by atoms with Gasteiger partial charge in [-0.25, -0.2) is 19.3 Å². The normalized spacial score (nSPS) is 14.0. The average molecular weight is 508 g/mol. The van der Waals surface area contributed by atoms with Crippen molar-refractivity contribution in [2.24, 2.45) is 0 Å². The number of morpholine rings is 1. The quantitative estimate of drug-likeness (QED) is 0.354. The summed E-state index contributed by atoms with van der Waals surface area (Å²) in [6.07, 6.45) is 5.58. The summed E-state index contributed by atoms with van der Waals surface area (Å²) in [5.74, 6) is -0.605. The van der Waals surface area contributed by atoms with E-state index in [0.717, 1.165) is 35.4 Å². The fourth-order valence-corrected chi connectivity index (χ4v) is 4.73. The van der Waals surface area contributed by atoms with Crippen LogP contribution in [0.4, 0.5) is 5.69 Å². The minimum atomic E-state index is -1.02. The first-order valence-electron chi connectivity index (χ1n) is 12.3. The maximum atomic E-state index is 11.6. The molecule has 0 aliphatic carbocycles. The van der Waals surface area contributed by atoms with Gasteiger partial charge >= 0.3 is 5.97 Å². The summed E-state index contributed by atoms with van der Waals surface area (Å²) in [7, 11) is 1.52. The van der Waals surface area contributed by atoms with Gasteiger partial charge in [0, 0.05) is 24.0 Å². The minimum absolute atomic E-state index is 0.138. The summed E-state index contributed by atoms with van der Waals surface area (Å²) in [6.45, 7) is 2.80. The van der Waals surface area contributed by atoms with Gasteiger partial charge in [-0.2, -0.15) is 5.10 Å². The number of anilines is 1. The van der Waals surface area contributed by atoms with Crippen LogP contribution in [-0.2, 0) is 4.74 Å². The van der Waals surface area contributed by atoms with Gasteiger partial charge in [-0.3, -0.25) is 0 Å². The van der Waals surface area contributed by atoms with Gasteiger partial charge in [0.05, 0.1) is 54.7 Å². The highest BCUT2D eigenvalue weighted by Gasteiger charge is 2.23. The van der Waals surface area contributed by atoms with Crippen molar-refractivity contribution < 1.29 is 19.4 Å². The van der Waals surface area contributed by atoms with Gasteiger partial charge < -0.3 is 19.5 Å². The molecule has 3 aromatic heterocycles. The molecule has 5 aromatic rings. The van der Waals surface area contributed by atoms with E-state index in [1.54, 1.807) is 22.8 Å². The van der Waals surface area contributed by atoms with Crippen LogP contribution < -0.4 is 9.64 Å². The van der Waals surface area contributed by atoms with E-state index in [0.29, 0.717) is 41.6 Å². The third kappa shape index (κ3) is 4.33. The number of imidazole rings is 1. The first-order valence-corrected chi connectivity index (χ1v) is 12.3. The summed E-state index contributed by atoms with van der Waals surface area (Å²) >= 11 is 0. The SMILES string of the molecule is COc1cc(C(=O)O)ccc1-c1c(/C=C/c2ccc3ccccc3n2)nc2c(N3CCOCC3)ccnn12. The van der Waals surface area contributed by atoms with E-state index in [-0.39, 0.29) is 5.56 Å². The number of fused-ring (bicyclic) bond motifs is 2. The minimum Gasteiger partial charge on any atom is -0.496 e. The molecule has 1 aliphatic heterocycles. The van der Waals surface area contributed by atoms with Crippen LogP contribution in [0.1, 0.15) is 21.7 Å². The smallest absolute Gasteiger partial charge is 0.335 e. The number of para-hydroxylation sites is 1. The fraction of sp³-hybridized carbons (Fsp3) is 0.172. The molecule has 6 rings (SSSR count). The molecule has 9 heteroatoms. The van der Waals surface area contributed by atoms with E-state index in [2.05, 4.69) is 10.00 Å². The lowest BCUT2D eigenvalue weighted by Gasteiger charge is -2.28. The monoisotopic (exact) mass is 507 g/mol. The van der Waals surface area contributed by atoms with Gasteiger partial charge in [-0.05, 0) is 48.6 Å². The molecule has 38 heavy (non-hydrogen) atoms. The van der Waals surface area contributed by atoms with Gasteiger partial charge in [-0.1, -0.05) is 24.3 Å². The Kier molecular flexibility index (Phi) is 6.19. The second-order valence-corrected chi connectivity index (χ2v) is 8.88. The van der Waals surface area contributed by atoms with Crippen LogP contribution in [0.5, 0.6) is 5.75 Å². The Hall–Kier alpha value is -4.76. The summed E-state index contributed by atoms with van der Waals surface area (Å²) in [5, 5.41) is 15.2. The number of aromatic carboxylic acids is 1. The number of aromatic nitrogens is 4. The number of rotatable bonds is 6. The van der Waals surface area contributed by atoms with Gasteiger partial charge in [0.25, 0.3) is 0 Å². The number of carbonyl (C=O) groups is 1. The summed E-state index contributed by atoms with van der Waals surface area (Å²) in [4.78, 5) is 23.6. The topological polar surface area (TPSA) is 102 Å². The Morgan fingerprint density at radius 2 is 1.87 bits per heavy atom. The van der Waals surface area contributed by atoms with E-state index in [1.807, 2.05) is 54.6 Å². The summed E-state index contributed by atoms with van der Waals surface area (Å²) < 4.78 is 13.0. The molecule has 1 N–H and O–H groups in total. The van der Waals surface area contributed by atoms with Crippen molar-refractivity contribution >= 4 is 40.4 Å². The molecule has 190 valence electrons. The molecular weight excluding hydrogens is 482 g/mol. The molecular formula is C29H25N5O4. The molecule has 0 bridgehead atoms. The van der Waals surface area contributed by atoms with Crippen LogP contribution >= 0.6 is 0 Å². The van der Waals surface area contributed by atoms with Crippen molar-refractivity contribution in [3.05, 3.63) is 83.8 Å². The Balaban J connectivity index is 1.53. The lowest BCUT2D eigenvalue weighted by molar-refractivity contribution is 0.0696. The lowest BCUT2D eigenvalue weighted by Crippen LogP contribution is -2.36. The maximum absolute atomic E-state index is 11.6. The van der Waals surface area contributed by atoms with Crippen LogP contribution in [0.15, 0.2) is 66.9 Å². The van der Waals surface area contributed by atoms with Crippen molar-refractivity contribution in [3.8, 4) is 17.0 Å². The fourth-order valence-electron chi connectivity index (χ4n) is 4.73. The number of carboxylic acid groups (broad SMARTS) is 1. The summed E-state index contributed by atoms with van der Waals surface area (Å²) in [5.41, 5.74) is 5.53. The standard InChI is InChI=1S/C29H25N5O4/c1-37-26-18-20(29(35)36)7-10-22(26)27-24(11-9-21-8-6-19-4-2-3-5-23(19)31-21)32-28-25(12-13-30-34(27)28)33-14-16-38-17-15-33/h2-13,18H,14-17H2,1H3,(H,35,36)/b11-9+. The number of carboxylic acids is 1. The predicted octanol–water partition coefficient (Wildman–Crippen LogP) is 4.66. The maximum Gasteiger partial charge on any atom is 0.335 e. The van der Waals surface area contributed by atoms with Crippen molar-refractivity contribution in [2.45, 2.75) is 0 Å². The van der Waals surface area contributed by atoms with Crippen LogP contribution in [0.3, 0.4) is 0 Å². The van der Waals surface area contributed by atoms with Crippen LogP contribution in [0.2, 0.25) is 0 Å². The molecule has 1 saturated heterocycles. The van der Waals surface area contributed by atoms with E-state index < -0.39 is 5.97 Å². The number of pyridine rings is 1. The van der Waals surface area contributed by atoms with Crippen molar-refractivity contribution in [3.63, 3.8) is 0 Å². The van der Waals surface area contributed by atoms with Crippen molar-refractivity contribution in [2.75, 3.05) is 38.3 Å². The average Bonchev–Trinajstić information content (AvgIpc) is 3.34. The zero-order valence-corrected chi connectivity index (χ0v) is 20.7. The predicted molar refractivity (Wildman–Crippen MR) is 146 cm³/mol. The second kappa shape index (κ2) is 9.95. The largest absolute Gasteiger partial charge is 0.496 e. The zero-order chi connectivity index (χ0) is 26.1. The first-order chi connectivity index (χ1) is 18.6. The lowest BCUT2D eigenvalue weighted by atomic mass is 10.1. The van der Waals surface area contributed by atoms with Gasteiger partial charge in [0.1, 0.15) is 11.4 Å². The van der Waals surface area contributed by atoms with Gasteiger partial charge in [0.2, 0.25) is 0 Å². The van der Waals surface area contributed by atoms with E-state index in [4.69, 9.17) is 19.4 Å². The highest BCUT2D eigenvalue weighted by Crippen LogP contribution is 2.36. The van der Waals surface area contributed by atoms with Crippen LogP contribution in [0.25, 0.3) is 40.0 Å². The second-order valence-electron chi connectivity index (χ2n) is 8.88. The van der Waals surface area contributed by atoms with Crippen molar-refractivity contribution in [1.82, 2.24) is 19.6 Å². The van der Waals surface area contributed by atoms with E-state index >= 15 is 0 Å². The van der Waals surface area contributed by atoms with Gasteiger partial charge in [-0.15, -0.1) is 0 Å². The third-order valence-corrected chi connectivity index (χ3v) is 6.61. The molecule has 0 amide bonds. The number of nitrogens with zero attached hydrogens (tertiary/aromatic N) is 5. The number of methoxy groups -OCH3 is 1.